The molecule has 0 unspecified atom stereocenters. The minimum atomic E-state index is -0.958. The highest BCUT2D eigenvalue weighted by molar-refractivity contribution is 5.53. The van der Waals surface area contributed by atoms with E-state index in [2.05, 4.69) is 5.32 Å². The van der Waals surface area contributed by atoms with Crippen molar-refractivity contribution in [2.24, 2.45) is 0 Å². The Morgan fingerprint density at radius 3 is 2.55 bits per heavy atom. The first-order valence-electron chi connectivity index (χ1n) is 6.65. The lowest BCUT2D eigenvalue weighted by Gasteiger charge is -2.32. The van der Waals surface area contributed by atoms with Crippen LogP contribution in [0.15, 0.2) is 12.1 Å². The van der Waals surface area contributed by atoms with Crippen LogP contribution in [-0.4, -0.2) is 42.0 Å². The third-order valence-corrected chi connectivity index (χ3v) is 3.60. The Morgan fingerprint density at radius 1 is 1.30 bits per heavy atom. The first kappa shape index (κ1) is 14.9. The molecule has 20 heavy (non-hydrogen) atoms. The molecule has 0 aliphatic carbocycles. The van der Waals surface area contributed by atoms with Crippen molar-refractivity contribution in [2.45, 2.75) is 25.5 Å². The van der Waals surface area contributed by atoms with Crippen LogP contribution in [0.3, 0.4) is 0 Å². The second-order valence-electron chi connectivity index (χ2n) is 4.97. The molecular formula is C14H18F2N2O2. The molecule has 1 heterocycles. The Hall–Kier alpha value is -1.53. The molecule has 2 N–H and O–H groups in total. The van der Waals surface area contributed by atoms with Crippen LogP contribution < -0.4 is 5.32 Å². The number of hydrogen-bond donors (Lipinski definition) is 2. The lowest BCUT2D eigenvalue weighted by Crippen LogP contribution is -2.40. The number of carbonyl (C=O) groups is 1. The van der Waals surface area contributed by atoms with E-state index in [-0.39, 0.29) is 12.6 Å². The summed E-state index contributed by atoms with van der Waals surface area (Å²) in [5.74, 6) is -1.89. The normalized spacial score (nSPS) is 17.1. The summed E-state index contributed by atoms with van der Waals surface area (Å²) in [6, 6.07) is 2.23. The second kappa shape index (κ2) is 6.76. The van der Waals surface area contributed by atoms with E-state index < -0.39 is 11.6 Å². The molecule has 0 bridgehead atoms. The van der Waals surface area contributed by atoms with E-state index in [9.17, 15) is 18.7 Å². The molecule has 0 spiro atoms. The first-order chi connectivity index (χ1) is 9.63. The molecule has 0 saturated carbocycles. The van der Waals surface area contributed by atoms with E-state index in [0.717, 1.165) is 44.4 Å². The zero-order valence-electron chi connectivity index (χ0n) is 11.1. The van der Waals surface area contributed by atoms with Gasteiger partial charge in [0.1, 0.15) is 6.29 Å². The third kappa shape index (κ3) is 3.52. The van der Waals surface area contributed by atoms with Crippen molar-refractivity contribution in [3.8, 4) is 0 Å². The number of aliphatic hydroxyl groups is 1. The molecule has 1 aliphatic rings. The van der Waals surface area contributed by atoms with Crippen LogP contribution in [0.5, 0.6) is 0 Å². The zero-order valence-corrected chi connectivity index (χ0v) is 11.1. The minimum Gasteiger partial charge on any atom is -0.392 e. The van der Waals surface area contributed by atoms with Gasteiger partial charge < -0.3 is 15.2 Å². The van der Waals surface area contributed by atoms with Crippen LogP contribution in [0.4, 0.5) is 14.5 Å². The van der Waals surface area contributed by atoms with E-state index >= 15 is 0 Å². The number of rotatable bonds is 5. The van der Waals surface area contributed by atoms with Crippen LogP contribution in [0.2, 0.25) is 0 Å². The Labute approximate surface area is 116 Å². The number of halogens is 2. The van der Waals surface area contributed by atoms with Crippen molar-refractivity contribution >= 4 is 12.0 Å². The van der Waals surface area contributed by atoms with Crippen molar-refractivity contribution in [2.75, 3.05) is 25.0 Å². The predicted octanol–water partition coefficient (Wildman–Crippen LogP) is 1.53. The number of nitrogens with one attached hydrogen (secondary N) is 1. The number of nitrogens with zero attached hydrogens (tertiary/aromatic N) is 1. The van der Waals surface area contributed by atoms with E-state index in [1.54, 1.807) is 0 Å². The first-order valence-corrected chi connectivity index (χ1v) is 6.65. The van der Waals surface area contributed by atoms with Crippen LogP contribution in [0.25, 0.3) is 0 Å². The van der Waals surface area contributed by atoms with Crippen LogP contribution in [0, 0.1) is 11.6 Å². The van der Waals surface area contributed by atoms with Gasteiger partial charge in [-0.1, -0.05) is 0 Å². The smallest absolute Gasteiger partial charge is 0.160 e. The number of aldehydes is 1. The zero-order chi connectivity index (χ0) is 14.5. The molecule has 0 atom stereocenters. The summed E-state index contributed by atoms with van der Waals surface area (Å²) < 4.78 is 26.4. The number of piperidine rings is 1. The molecule has 1 aliphatic heterocycles. The van der Waals surface area contributed by atoms with E-state index in [1.807, 2.05) is 4.90 Å². The second-order valence-corrected chi connectivity index (χ2v) is 4.97. The Morgan fingerprint density at radius 2 is 1.95 bits per heavy atom. The van der Waals surface area contributed by atoms with Crippen LogP contribution in [0.1, 0.15) is 18.4 Å². The van der Waals surface area contributed by atoms with Gasteiger partial charge in [0.15, 0.2) is 11.6 Å². The highest BCUT2D eigenvalue weighted by Crippen LogP contribution is 2.23. The van der Waals surface area contributed by atoms with Crippen molar-refractivity contribution in [1.29, 1.82) is 0 Å². The lowest BCUT2D eigenvalue weighted by molar-refractivity contribution is -0.109. The minimum absolute atomic E-state index is 0.132. The van der Waals surface area contributed by atoms with Gasteiger partial charge in [0.2, 0.25) is 0 Å². The van der Waals surface area contributed by atoms with E-state index in [0.29, 0.717) is 17.8 Å². The SMILES string of the molecule is O=CCN1CCC(Nc2cc(F)c(F)cc2CO)CC1. The number of hydrogen-bond acceptors (Lipinski definition) is 4. The number of carbonyl (C=O) groups excluding carboxylic acids is 1. The topological polar surface area (TPSA) is 52.6 Å². The van der Waals surface area contributed by atoms with Crippen molar-refractivity contribution in [3.63, 3.8) is 0 Å². The maximum absolute atomic E-state index is 13.3. The Balaban J connectivity index is 2.00. The fourth-order valence-corrected chi connectivity index (χ4v) is 2.44. The molecule has 0 aromatic heterocycles. The van der Waals surface area contributed by atoms with E-state index in [4.69, 9.17) is 0 Å². The lowest BCUT2D eigenvalue weighted by atomic mass is 10.0. The predicted molar refractivity (Wildman–Crippen MR) is 71.4 cm³/mol. The number of benzene rings is 1. The van der Waals surface area contributed by atoms with Gasteiger partial charge in [-0.2, -0.15) is 0 Å². The van der Waals surface area contributed by atoms with Gasteiger partial charge in [0.25, 0.3) is 0 Å². The molecule has 1 saturated heterocycles. The number of anilines is 1. The monoisotopic (exact) mass is 284 g/mol. The molecule has 110 valence electrons. The summed E-state index contributed by atoms with van der Waals surface area (Å²) in [4.78, 5) is 12.5. The highest BCUT2D eigenvalue weighted by Gasteiger charge is 2.20. The standard InChI is InChI=1S/C14H18F2N2O2/c15-12-7-10(9-20)14(8-13(12)16)17-11-1-3-18(4-2-11)5-6-19/h6-8,11,17,20H,1-5,9H2. The molecule has 0 amide bonds. The Bertz CT molecular complexity index is 474. The van der Waals surface area contributed by atoms with Gasteiger partial charge in [-0.15, -0.1) is 0 Å². The summed E-state index contributed by atoms with van der Waals surface area (Å²) >= 11 is 0. The van der Waals surface area contributed by atoms with Crippen LogP contribution >= 0.6 is 0 Å². The number of aliphatic hydroxyl groups excluding tert-OH is 1. The van der Waals surface area contributed by atoms with Crippen LogP contribution in [-0.2, 0) is 11.4 Å². The van der Waals surface area contributed by atoms with Crippen molar-refractivity contribution in [3.05, 3.63) is 29.3 Å². The molecule has 1 aromatic rings. The van der Waals surface area contributed by atoms with E-state index in [1.165, 1.54) is 0 Å². The highest BCUT2D eigenvalue weighted by atomic mass is 19.2. The van der Waals surface area contributed by atoms with Gasteiger partial charge in [0.05, 0.1) is 13.2 Å². The maximum Gasteiger partial charge on any atom is 0.160 e. The molecule has 4 nitrogen and oxygen atoms in total. The van der Waals surface area contributed by atoms with Crippen molar-refractivity contribution < 1.29 is 18.7 Å². The van der Waals surface area contributed by atoms with Gasteiger partial charge in [-0.25, -0.2) is 8.78 Å². The maximum atomic E-state index is 13.3. The summed E-state index contributed by atoms with van der Waals surface area (Å²) in [6.45, 7) is 1.66. The fourth-order valence-electron chi connectivity index (χ4n) is 2.44. The number of likely N-dealkylation sites (tertiary alicyclic amines) is 1. The molecule has 6 heteroatoms. The quantitative estimate of drug-likeness (QED) is 0.805. The van der Waals surface area contributed by atoms with Gasteiger partial charge in [0, 0.05) is 36.4 Å². The molecule has 0 radical (unpaired) electrons. The molecular weight excluding hydrogens is 266 g/mol. The molecule has 1 fully saturated rings. The fraction of sp³-hybridized carbons (Fsp3) is 0.500. The summed E-state index contributed by atoms with van der Waals surface area (Å²) in [5, 5.41) is 12.3. The van der Waals surface area contributed by atoms with Gasteiger partial charge in [-0.05, 0) is 18.9 Å². The van der Waals surface area contributed by atoms with Gasteiger partial charge in [-0.3, -0.25) is 4.90 Å². The third-order valence-electron chi connectivity index (χ3n) is 3.60. The summed E-state index contributed by atoms with van der Waals surface area (Å²) in [6.07, 6.45) is 2.52. The largest absolute Gasteiger partial charge is 0.392 e. The molecule has 1 aromatic carbocycles. The average Bonchev–Trinajstić information content (AvgIpc) is 2.45. The average molecular weight is 284 g/mol. The van der Waals surface area contributed by atoms with Gasteiger partial charge >= 0.3 is 0 Å². The summed E-state index contributed by atoms with van der Waals surface area (Å²) in [7, 11) is 0. The summed E-state index contributed by atoms with van der Waals surface area (Å²) in [5.41, 5.74) is 0.777. The Kier molecular flexibility index (Phi) is 5.03. The van der Waals surface area contributed by atoms with Crippen molar-refractivity contribution in [1.82, 2.24) is 4.90 Å². The molecule has 2 rings (SSSR count).